The normalized spacial score (nSPS) is 11.2. The van der Waals surface area contributed by atoms with Gasteiger partial charge in [-0.3, -0.25) is 0 Å². The number of rotatable bonds is 18. The minimum atomic E-state index is -1.33. The minimum Gasteiger partial charge on any atom is -0.397 e. The third kappa shape index (κ3) is 16.3. The molecule has 0 aromatic heterocycles. The molecular weight excluding hydrogens is 288 g/mol. The van der Waals surface area contributed by atoms with Crippen LogP contribution in [0.2, 0.25) is 6.04 Å². The van der Waals surface area contributed by atoms with Gasteiger partial charge in [-0.1, -0.05) is 70.3 Å². The molecule has 0 aromatic rings. The monoisotopic (exact) mass is 328 g/mol. The Balaban J connectivity index is 3.17. The molecule has 0 aliphatic rings. The Hall–Kier alpha value is -0.123. The van der Waals surface area contributed by atoms with Crippen molar-refractivity contribution in [2.45, 2.75) is 96.9 Å². The van der Waals surface area contributed by atoms with Gasteiger partial charge in [0.2, 0.25) is 0 Å². The quantitative estimate of drug-likeness (QED) is 0.171. The molecule has 0 aliphatic carbocycles. The lowest BCUT2D eigenvalue weighted by atomic mass is 10.1. The van der Waals surface area contributed by atoms with Gasteiger partial charge in [0.15, 0.2) is 0 Å². The minimum absolute atomic E-state index is 0.810. The van der Waals surface area contributed by atoms with Crippen LogP contribution in [0.5, 0.6) is 0 Å². The number of allylic oxidation sites excluding steroid dienone is 1. The summed E-state index contributed by atoms with van der Waals surface area (Å²) < 4.78 is 11.4. The van der Waals surface area contributed by atoms with E-state index in [1.807, 2.05) is 6.08 Å². The fraction of sp³-hybridized carbons (Fsp3) is 0.895. The summed E-state index contributed by atoms with van der Waals surface area (Å²) in [5.74, 6) is 0. The maximum absolute atomic E-state index is 5.70. The van der Waals surface area contributed by atoms with Gasteiger partial charge in [0, 0.05) is 13.2 Å². The van der Waals surface area contributed by atoms with Crippen LogP contribution in [0.1, 0.15) is 90.9 Å². The number of unbranched alkanes of at least 4 members (excludes halogenated alkanes) is 11. The second-order valence-corrected chi connectivity index (χ2v) is 8.20. The van der Waals surface area contributed by atoms with Crippen LogP contribution in [0, 0.1) is 0 Å². The summed E-state index contributed by atoms with van der Waals surface area (Å²) in [6.07, 6.45) is 18.5. The zero-order chi connectivity index (χ0) is 16.3. The molecule has 3 heteroatoms. The highest BCUT2D eigenvalue weighted by molar-refractivity contribution is 6.44. The van der Waals surface area contributed by atoms with Crippen LogP contribution in [0.25, 0.3) is 0 Å². The molecule has 0 spiro atoms. The van der Waals surface area contributed by atoms with Crippen molar-refractivity contribution < 1.29 is 8.85 Å². The molecule has 0 unspecified atom stereocenters. The first kappa shape index (κ1) is 21.9. The van der Waals surface area contributed by atoms with Crippen molar-refractivity contribution in [3.05, 3.63) is 12.7 Å². The fourth-order valence-electron chi connectivity index (χ4n) is 2.78. The van der Waals surface area contributed by atoms with Crippen molar-refractivity contribution in [1.29, 1.82) is 0 Å². The molecule has 0 amide bonds. The Labute approximate surface area is 141 Å². The molecule has 0 aliphatic heterocycles. The summed E-state index contributed by atoms with van der Waals surface area (Å²) in [5, 5.41) is 0. The fourth-order valence-corrected chi connectivity index (χ4v) is 4.57. The maximum Gasteiger partial charge on any atom is 0.321 e. The van der Waals surface area contributed by atoms with E-state index in [1.165, 1.54) is 83.1 Å². The first-order valence-electron chi connectivity index (χ1n) is 9.69. The van der Waals surface area contributed by atoms with Gasteiger partial charge in [0.05, 0.1) is 0 Å². The predicted molar refractivity (Wildman–Crippen MR) is 101 cm³/mol. The Morgan fingerprint density at radius 3 is 1.50 bits per heavy atom. The molecule has 2 nitrogen and oxygen atoms in total. The van der Waals surface area contributed by atoms with Crippen molar-refractivity contribution in [3.8, 4) is 0 Å². The summed E-state index contributed by atoms with van der Waals surface area (Å²) in [6.45, 7) is 9.52. The van der Waals surface area contributed by atoms with E-state index >= 15 is 0 Å². The van der Waals surface area contributed by atoms with Crippen LogP contribution in [0.15, 0.2) is 12.7 Å². The summed E-state index contributed by atoms with van der Waals surface area (Å²) in [7, 11) is -1.33. The highest BCUT2D eigenvalue weighted by Gasteiger charge is 2.10. The molecule has 0 saturated heterocycles. The Kier molecular flexibility index (Phi) is 18.8. The van der Waals surface area contributed by atoms with Crippen LogP contribution in [-0.4, -0.2) is 22.5 Å². The molecule has 0 radical (unpaired) electrons. The van der Waals surface area contributed by atoms with E-state index in [2.05, 4.69) is 20.4 Å². The van der Waals surface area contributed by atoms with Crippen LogP contribution < -0.4 is 0 Å². The molecule has 0 saturated carbocycles. The predicted octanol–water partition coefficient (Wildman–Crippen LogP) is 6.15. The van der Waals surface area contributed by atoms with Crippen molar-refractivity contribution in [2.75, 3.05) is 13.2 Å². The highest BCUT2D eigenvalue weighted by atomic mass is 28.3. The van der Waals surface area contributed by atoms with Crippen LogP contribution in [0.4, 0.5) is 0 Å². The lowest BCUT2D eigenvalue weighted by molar-refractivity contribution is 0.212. The summed E-state index contributed by atoms with van der Waals surface area (Å²) in [4.78, 5) is 0. The average molecular weight is 329 g/mol. The molecule has 22 heavy (non-hydrogen) atoms. The van der Waals surface area contributed by atoms with Gasteiger partial charge in [0.25, 0.3) is 0 Å². The molecule has 0 rings (SSSR count). The molecule has 0 N–H and O–H groups in total. The summed E-state index contributed by atoms with van der Waals surface area (Å²) >= 11 is 0. The summed E-state index contributed by atoms with van der Waals surface area (Å²) in [5.41, 5.74) is 0. The van der Waals surface area contributed by atoms with Gasteiger partial charge in [-0.2, -0.15) is 0 Å². The SMILES string of the molecule is C=CCCCCCCCCCCCCC[SiH](OCC)OCC. The lowest BCUT2D eigenvalue weighted by Crippen LogP contribution is -2.22. The van der Waals surface area contributed by atoms with E-state index in [0.29, 0.717) is 0 Å². The van der Waals surface area contributed by atoms with E-state index in [1.54, 1.807) is 0 Å². The first-order valence-corrected chi connectivity index (χ1v) is 11.4. The lowest BCUT2D eigenvalue weighted by Gasteiger charge is -2.14. The molecule has 132 valence electrons. The molecule has 0 heterocycles. The van der Waals surface area contributed by atoms with Gasteiger partial charge >= 0.3 is 9.28 Å². The third-order valence-electron chi connectivity index (χ3n) is 4.05. The Morgan fingerprint density at radius 1 is 0.682 bits per heavy atom. The van der Waals surface area contributed by atoms with E-state index in [9.17, 15) is 0 Å². The smallest absolute Gasteiger partial charge is 0.321 e. The average Bonchev–Trinajstić information content (AvgIpc) is 2.52. The van der Waals surface area contributed by atoms with E-state index in [-0.39, 0.29) is 0 Å². The Bertz CT molecular complexity index is 215. The van der Waals surface area contributed by atoms with Gasteiger partial charge in [-0.15, -0.1) is 6.58 Å². The zero-order valence-electron chi connectivity index (χ0n) is 15.3. The van der Waals surface area contributed by atoms with E-state index in [4.69, 9.17) is 8.85 Å². The van der Waals surface area contributed by atoms with Crippen molar-refractivity contribution >= 4 is 9.28 Å². The van der Waals surface area contributed by atoms with Crippen LogP contribution in [-0.2, 0) is 8.85 Å². The Morgan fingerprint density at radius 2 is 1.09 bits per heavy atom. The second-order valence-electron chi connectivity index (χ2n) is 6.10. The third-order valence-corrected chi connectivity index (χ3v) is 6.34. The second kappa shape index (κ2) is 18.9. The first-order chi connectivity index (χ1) is 10.8. The van der Waals surface area contributed by atoms with Crippen LogP contribution >= 0.6 is 0 Å². The van der Waals surface area contributed by atoms with Crippen molar-refractivity contribution in [2.24, 2.45) is 0 Å². The largest absolute Gasteiger partial charge is 0.397 e. The molecule has 0 bridgehead atoms. The number of hydrogen-bond acceptors (Lipinski definition) is 2. The number of hydrogen-bond donors (Lipinski definition) is 0. The van der Waals surface area contributed by atoms with Crippen molar-refractivity contribution in [3.63, 3.8) is 0 Å². The van der Waals surface area contributed by atoms with Crippen LogP contribution in [0.3, 0.4) is 0 Å². The standard InChI is InChI=1S/C19H40O2Si/c1-4-7-8-9-10-11-12-13-14-15-16-17-18-19-22(20-5-2)21-6-3/h4,22H,1,5-19H2,2-3H3. The van der Waals surface area contributed by atoms with E-state index < -0.39 is 9.28 Å². The molecule has 0 atom stereocenters. The summed E-state index contributed by atoms with van der Waals surface area (Å²) in [6, 6.07) is 1.19. The van der Waals surface area contributed by atoms with Gasteiger partial charge < -0.3 is 8.85 Å². The van der Waals surface area contributed by atoms with Gasteiger partial charge in [-0.25, -0.2) is 0 Å². The topological polar surface area (TPSA) is 18.5 Å². The molecule has 0 aromatic carbocycles. The van der Waals surface area contributed by atoms with Crippen molar-refractivity contribution in [1.82, 2.24) is 0 Å². The van der Waals surface area contributed by atoms with E-state index in [0.717, 1.165) is 13.2 Å². The molecular formula is C19H40O2Si. The van der Waals surface area contributed by atoms with Gasteiger partial charge in [0.1, 0.15) is 0 Å². The highest BCUT2D eigenvalue weighted by Crippen LogP contribution is 2.13. The maximum atomic E-state index is 5.70. The zero-order valence-corrected chi connectivity index (χ0v) is 16.4. The molecule has 0 fully saturated rings. The van der Waals surface area contributed by atoms with Gasteiger partial charge in [-0.05, 0) is 32.7 Å².